The summed E-state index contributed by atoms with van der Waals surface area (Å²) in [5.41, 5.74) is 3.52. The van der Waals surface area contributed by atoms with Crippen LogP contribution in [-0.2, 0) is 11.2 Å². The maximum atomic E-state index is 12.4. The molecule has 2 aromatic carbocycles. The third-order valence-electron chi connectivity index (χ3n) is 7.25. The number of hydrogen-bond donors (Lipinski definition) is 0. The molecule has 1 spiro atoms. The summed E-state index contributed by atoms with van der Waals surface area (Å²) >= 11 is 0. The molecule has 0 aromatic heterocycles. The lowest BCUT2D eigenvalue weighted by Gasteiger charge is -2.41. The number of carbonyl (C=O) groups excluding carboxylic acids is 2. The second-order valence-electron chi connectivity index (χ2n) is 8.58. The number of fused-ring (bicyclic) bond motifs is 2. The van der Waals surface area contributed by atoms with Gasteiger partial charge in [-0.25, -0.2) is 4.79 Å². The Morgan fingerprint density at radius 3 is 2.71 bits per heavy atom. The minimum absolute atomic E-state index is 0.205. The van der Waals surface area contributed by atoms with E-state index in [-0.39, 0.29) is 17.3 Å². The molecule has 3 atom stereocenters. The van der Waals surface area contributed by atoms with Gasteiger partial charge >= 0.3 is 5.97 Å². The van der Waals surface area contributed by atoms with Crippen LogP contribution in [0.15, 0.2) is 48.5 Å². The number of amides is 1. The lowest BCUT2D eigenvalue weighted by Crippen LogP contribution is -2.37. The van der Waals surface area contributed by atoms with Crippen molar-refractivity contribution >= 4 is 11.9 Å². The predicted octanol–water partition coefficient (Wildman–Crippen LogP) is 4.19. The molecule has 144 valence electrons. The third kappa shape index (κ3) is 2.66. The Morgan fingerprint density at radius 2 is 1.93 bits per heavy atom. The molecule has 0 N–H and O–H groups in total. The summed E-state index contributed by atoms with van der Waals surface area (Å²) in [6, 6.07) is 15.2. The highest BCUT2D eigenvalue weighted by molar-refractivity contribution is 5.91. The topological polar surface area (TPSA) is 46.6 Å². The Labute approximate surface area is 165 Å². The van der Waals surface area contributed by atoms with E-state index < -0.39 is 0 Å². The molecule has 0 radical (unpaired) electrons. The largest absolute Gasteiger partial charge is 0.423 e. The first kappa shape index (κ1) is 17.5. The van der Waals surface area contributed by atoms with Crippen LogP contribution in [0.5, 0.6) is 5.75 Å². The molecule has 1 heterocycles. The molecule has 4 heteroatoms. The van der Waals surface area contributed by atoms with Gasteiger partial charge in [0.15, 0.2) is 0 Å². The van der Waals surface area contributed by atoms with Gasteiger partial charge in [-0.05, 0) is 78.3 Å². The monoisotopic (exact) mass is 375 g/mol. The Balaban J connectivity index is 1.39. The average molecular weight is 375 g/mol. The van der Waals surface area contributed by atoms with E-state index in [0.29, 0.717) is 23.1 Å². The zero-order valence-electron chi connectivity index (χ0n) is 16.2. The summed E-state index contributed by atoms with van der Waals surface area (Å²) in [4.78, 5) is 26.3. The number of benzene rings is 2. The van der Waals surface area contributed by atoms with Crippen molar-refractivity contribution in [1.82, 2.24) is 4.90 Å². The Hall–Kier alpha value is -2.62. The second kappa shape index (κ2) is 6.47. The van der Waals surface area contributed by atoms with E-state index >= 15 is 0 Å². The standard InChI is InChI=1S/C24H25NO3/c1-16(26)25-14-19-7-10-22-21-9-8-20(13-18(21)11-12-24(19,22)15-25)28-23(27)17-5-3-2-4-6-17/h2-6,8-9,13,19,22H,7,10-12,14-15H2,1H3/t19?,22?,24-/m0/s1. The summed E-state index contributed by atoms with van der Waals surface area (Å²) in [7, 11) is 0. The van der Waals surface area contributed by atoms with Gasteiger partial charge in [0.2, 0.25) is 5.91 Å². The Morgan fingerprint density at radius 1 is 1.11 bits per heavy atom. The fourth-order valence-corrected chi connectivity index (χ4v) is 5.90. The van der Waals surface area contributed by atoms with Crippen LogP contribution < -0.4 is 4.74 Å². The van der Waals surface area contributed by atoms with Crippen LogP contribution in [0.4, 0.5) is 0 Å². The first-order valence-electron chi connectivity index (χ1n) is 10.2. The van der Waals surface area contributed by atoms with E-state index in [1.165, 1.54) is 24.0 Å². The number of nitrogens with zero attached hydrogens (tertiary/aromatic N) is 1. The lowest BCUT2D eigenvalue weighted by atomic mass is 9.63. The second-order valence-corrected chi connectivity index (χ2v) is 8.58. The minimum Gasteiger partial charge on any atom is -0.423 e. The highest BCUT2D eigenvalue weighted by Gasteiger charge is 2.57. The number of aryl methyl sites for hydroxylation is 1. The van der Waals surface area contributed by atoms with Crippen LogP contribution in [0.2, 0.25) is 0 Å². The highest BCUT2D eigenvalue weighted by atomic mass is 16.5. The van der Waals surface area contributed by atoms with E-state index in [1.807, 2.05) is 30.3 Å². The number of hydrogen-bond acceptors (Lipinski definition) is 3. The molecule has 1 saturated heterocycles. The molecular weight excluding hydrogens is 350 g/mol. The van der Waals surface area contributed by atoms with E-state index in [2.05, 4.69) is 11.0 Å². The molecule has 2 unspecified atom stereocenters. The quantitative estimate of drug-likeness (QED) is 0.584. The molecule has 0 bridgehead atoms. The molecule has 1 saturated carbocycles. The first-order chi connectivity index (χ1) is 13.6. The summed E-state index contributed by atoms with van der Waals surface area (Å²) in [6.45, 7) is 3.52. The van der Waals surface area contributed by atoms with Gasteiger partial charge in [0.25, 0.3) is 0 Å². The third-order valence-corrected chi connectivity index (χ3v) is 7.25. The van der Waals surface area contributed by atoms with Crippen molar-refractivity contribution in [3.8, 4) is 5.75 Å². The minimum atomic E-state index is -0.318. The smallest absolute Gasteiger partial charge is 0.343 e. The SMILES string of the molecule is CC(=O)N1CC2CCC3c4ccc(OC(=O)c5ccccc5)cc4CC[C@]23C1. The molecule has 1 amide bonds. The van der Waals surface area contributed by atoms with Crippen LogP contribution >= 0.6 is 0 Å². The number of carbonyl (C=O) groups is 2. The van der Waals surface area contributed by atoms with E-state index in [0.717, 1.165) is 25.9 Å². The first-order valence-corrected chi connectivity index (χ1v) is 10.2. The van der Waals surface area contributed by atoms with E-state index in [1.54, 1.807) is 19.1 Å². The molecular formula is C24H25NO3. The van der Waals surface area contributed by atoms with Gasteiger partial charge in [0.1, 0.15) is 5.75 Å². The van der Waals surface area contributed by atoms with Crippen molar-refractivity contribution in [2.75, 3.05) is 13.1 Å². The van der Waals surface area contributed by atoms with Crippen LogP contribution in [0, 0.1) is 11.3 Å². The van der Waals surface area contributed by atoms with Gasteiger partial charge in [-0.3, -0.25) is 4.79 Å². The van der Waals surface area contributed by atoms with Crippen molar-refractivity contribution in [1.29, 1.82) is 0 Å². The summed E-state index contributed by atoms with van der Waals surface area (Å²) < 4.78 is 5.62. The summed E-state index contributed by atoms with van der Waals surface area (Å²) in [6.07, 6.45) is 4.52. The zero-order valence-corrected chi connectivity index (χ0v) is 16.2. The molecule has 1 aliphatic heterocycles. The molecule has 2 aromatic rings. The van der Waals surface area contributed by atoms with E-state index in [4.69, 9.17) is 4.74 Å². The van der Waals surface area contributed by atoms with Crippen LogP contribution in [0.3, 0.4) is 0 Å². The van der Waals surface area contributed by atoms with Crippen molar-refractivity contribution in [3.63, 3.8) is 0 Å². The van der Waals surface area contributed by atoms with Crippen LogP contribution in [-0.4, -0.2) is 29.9 Å². The zero-order chi connectivity index (χ0) is 19.3. The number of likely N-dealkylation sites (tertiary alicyclic amines) is 1. The van der Waals surface area contributed by atoms with Gasteiger partial charge < -0.3 is 9.64 Å². The fraction of sp³-hybridized carbons (Fsp3) is 0.417. The lowest BCUT2D eigenvalue weighted by molar-refractivity contribution is -0.128. The Kier molecular flexibility index (Phi) is 4.04. The van der Waals surface area contributed by atoms with E-state index in [9.17, 15) is 9.59 Å². The number of esters is 1. The molecule has 28 heavy (non-hydrogen) atoms. The molecule has 2 aliphatic carbocycles. The van der Waals surface area contributed by atoms with Crippen molar-refractivity contribution < 1.29 is 14.3 Å². The highest BCUT2D eigenvalue weighted by Crippen LogP contribution is 2.61. The average Bonchev–Trinajstić information content (AvgIpc) is 3.24. The predicted molar refractivity (Wildman–Crippen MR) is 106 cm³/mol. The summed E-state index contributed by atoms with van der Waals surface area (Å²) in [5.74, 6) is 1.66. The van der Waals surface area contributed by atoms with Gasteiger partial charge in [-0.15, -0.1) is 0 Å². The summed E-state index contributed by atoms with van der Waals surface area (Å²) in [5, 5.41) is 0. The maximum absolute atomic E-state index is 12.4. The fourth-order valence-electron chi connectivity index (χ4n) is 5.90. The van der Waals surface area contributed by atoms with Gasteiger partial charge in [-0.2, -0.15) is 0 Å². The van der Waals surface area contributed by atoms with Crippen LogP contribution in [0.1, 0.15) is 53.6 Å². The number of ether oxygens (including phenoxy) is 1. The van der Waals surface area contributed by atoms with Crippen LogP contribution in [0.25, 0.3) is 0 Å². The molecule has 2 fully saturated rings. The van der Waals surface area contributed by atoms with Crippen molar-refractivity contribution in [2.24, 2.45) is 11.3 Å². The van der Waals surface area contributed by atoms with Crippen molar-refractivity contribution in [3.05, 3.63) is 65.2 Å². The van der Waals surface area contributed by atoms with Gasteiger partial charge in [0.05, 0.1) is 5.56 Å². The van der Waals surface area contributed by atoms with Crippen molar-refractivity contribution in [2.45, 2.75) is 38.5 Å². The number of rotatable bonds is 2. The Bertz CT molecular complexity index is 938. The molecule has 3 aliphatic rings. The maximum Gasteiger partial charge on any atom is 0.343 e. The molecule has 4 nitrogen and oxygen atoms in total. The van der Waals surface area contributed by atoms with Gasteiger partial charge in [-0.1, -0.05) is 24.3 Å². The molecule has 5 rings (SSSR count). The van der Waals surface area contributed by atoms with Gasteiger partial charge in [0, 0.05) is 20.0 Å². The normalized spacial score (nSPS) is 27.7.